The fourth-order valence-corrected chi connectivity index (χ4v) is 10.8. The molecular formula is C55H63N4O10P. The highest BCUT2D eigenvalue weighted by atomic mass is 31.2. The van der Waals surface area contributed by atoms with Crippen molar-refractivity contribution < 1.29 is 42.4 Å². The van der Waals surface area contributed by atoms with Gasteiger partial charge in [-0.15, -0.1) is 0 Å². The van der Waals surface area contributed by atoms with Crippen molar-refractivity contribution in [3.63, 3.8) is 0 Å². The Morgan fingerprint density at radius 3 is 2.13 bits per heavy atom. The second-order valence-corrected chi connectivity index (χ2v) is 19.7. The molecule has 0 spiro atoms. The second kappa shape index (κ2) is 23.6. The van der Waals surface area contributed by atoms with Gasteiger partial charge in [0, 0.05) is 32.1 Å². The standard InChI is InChI=1S/C55H63N4O10P/c1-7-28-58(29-8-2)70(67-30-12-27-56)69-47-33-43(37-66-55(40-13-10-9-11-14-40,41-16-21-45(64-5)22-17-41)42-18-23-46(65-6)24-19-42)59(36-47)52(61)26-15-38-31-49-50(32-39(38)35-54(3,4)53(62)63)68-51-34-44(60)20-25-48(51)57-49/h9-11,13-14,16-25,31-32,34,43,47H,7-8,12,15,26,28-30,33,35-37H2,1-6H3,(H,62,63)/t43-,47+,70?/m0/s1. The third-order valence-corrected chi connectivity index (χ3v) is 14.4. The third kappa shape index (κ3) is 12.0. The number of carboxylic acids is 1. The number of nitriles is 1. The van der Waals surface area contributed by atoms with Gasteiger partial charge in [0.15, 0.2) is 16.8 Å². The first kappa shape index (κ1) is 51.6. The maximum absolute atomic E-state index is 15.0. The molecule has 0 radical (unpaired) electrons. The van der Waals surface area contributed by atoms with Crippen molar-refractivity contribution in [2.24, 2.45) is 5.41 Å². The molecule has 3 aliphatic rings. The molecule has 2 aliphatic heterocycles. The lowest BCUT2D eigenvalue weighted by Crippen LogP contribution is -2.42. The fourth-order valence-electron chi connectivity index (χ4n) is 9.05. The molecule has 0 aromatic heterocycles. The van der Waals surface area contributed by atoms with Crippen molar-refractivity contribution in [2.75, 3.05) is 47.1 Å². The molecule has 14 nitrogen and oxygen atoms in total. The summed E-state index contributed by atoms with van der Waals surface area (Å²) in [7, 11) is 1.69. The molecule has 1 unspecified atom stereocenters. The minimum atomic E-state index is -1.57. The van der Waals surface area contributed by atoms with Crippen LogP contribution < -0.4 is 14.9 Å². The number of hydrogen-bond donors (Lipinski definition) is 1. The van der Waals surface area contributed by atoms with Crippen LogP contribution in [-0.4, -0.2) is 90.8 Å². The topological polar surface area (TPSA) is 174 Å². The Morgan fingerprint density at radius 1 is 0.886 bits per heavy atom. The quantitative estimate of drug-likeness (QED) is 0.0263. The van der Waals surface area contributed by atoms with Crippen molar-refractivity contribution in [3.8, 4) is 29.0 Å². The van der Waals surface area contributed by atoms with E-state index in [1.54, 1.807) is 40.2 Å². The second-order valence-electron chi connectivity index (χ2n) is 18.2. The number of aliphatic carboxylic acids is 1. The zero-order valence-corrected chi connectivity index (χ0v) is 41.8. The van der Waals surface area contributed by atoms with Crippen molar-refractivity contribution in [2.45, 2.75) is 90.4 Å². The number of aryl methyl sites for hydroxylation is 1. The number of fused-ring (bicyclic) bond motifs is 2. The number of carbonyl (C=O) groups is 2. The molecular weight excluding hydrogens is 908 g/mol. The van der Waals surface area contributed by atoms with Gasteiger partial charge >= 0.3 is 5.97 Å². The Bertz CT molecular complexity index is 2710. The molecule has 4 aromatic rings. The van der Waals surface area contributed by atoms with E-state index in [9.17, 15) is 20.0 Å². The van der Waals surface area contributed by atoms with Crippen LogP contribution in [0.25, 0.3) is 22.6 Å². The van der Waals surface area contributed by atoms with Crippen LogP contribution in [-0.2, 0) is 41.8 Å². The summed E-state index contributed by atoms with van der Waals surface area (Å²) in [5.74, 6) is 0.620. The molecule has 1 N–H and O–H groups in total. The molecule has 7 rings (SSSR count). The SMILES string of the molecule is CCCN(CCC)P(OCCC#N)O[C@@H]1C[C@@H](COC(c2ccccc2)(c2ccc(OC)cc2)c2ccc(OC)cc2)N(C(=O)CCc2cc3nc4ccc(=O)cc-4oc3cc2CC(C)(C)C(=O)O)C1. The number of likely N-dealkylation sites (tertiary alicyclic amines) is 1. The molecule has 2 heterocycles. The molecule has 0 saturated carbocycles. The van der Waals surface area contributed by atoms with Crippen molar-refractivity contribution in [1.29, 1.82) is 5.26 Å². The molecule has 368 valence electrons. The molecule has 0 bridgehead atoms. The molecule has 1 amide bonds. The average molecular weight is 971 g/mol. The summed E-state index contributed by atoms with van der Waals surface area (Å²) in [5, 5.41) is 19.6. The molecule has 1 saturated heterocycles. The lowest BCUT2D eigenvalue weighted by atomic mass is 9.80. The van der Waals surface area contributed by atoms with Crippen LogP contribution in [0.15, 0.2) is 118 Å². The van der Waals surface area contributed by atoms with Gasteiger partial charge in [-0.1, -0.05) is 68.4 Å². The van der Waals surface area contributed by atoms with E-state index in [2.05, 4.69) is 24.6 Å². The van der Waals surface area contributed by atoms with Gasteiger partial charge in [-0.25, -0.2) is 9.65 Å². The summed E-state index contributed by atoms with van der Waals surface area (Å²) in [6.45, 7) is 9.67. The number of carbonyl (C=O) groups excluding carboxylic acids is 1. The number of benzene rings is 5. The summed E-state index contributed by atoms with van der Waals surface area (Å²) in [4.78, 5) is 46.3. The van der Waals surface area contributed by atoms with Crippen LogP contribution in [0.3, 0.4) is 0 Å². The van der Waals surface area contributed by atoms with Gasteiger partial charge in [0.05, 0.1) is 57.5 Å². The predicted octanol–water partition coefficient (Wildman–Crippen LogP) is 10.2. The number of rotatable bonds is 24. The van der Waals surface area contributed by atoms with Crippen molar-refractivity contribution in [1.82, 2.24) is 14.6 Å². The van der Waals surface area contributed by atoms with Gasteiger partial charge in [-0.3, -0.25) is 14.4 Å². The van der Waals surface area contributed by atoms with Crippen LogP contribution in [0, 0.1) is 16.7 Å². The van der Waals surface area contributed by atoms with Crippen LogP contribution in [0.5, 0.6) is 11.5 Å². The Kier molecular flexibility index (Phi) is 17.4. The van der Waals surface area contributed by atoms with Crippen LogP contribution in [0.1, 0.15) is 87.6 Å². The predicted molar refractivity (Wildman–Crippen MR) is 269 cm³/mol. The van der Waals surface area contributed by atoms with Crippen LogP contribution in [0.2, 0.25) is 0 Å². The van der Waals surface area contributed by atoms with Crippen LogP contribution in [0.4, 0.5) is 0 Å². The fraction of sp³-hybridized carbons (Fsp3) is 0.400. The number of amides is 1. The largest absolute Gasteiger partial charge is 0.497 e. The number of carboxylic acid groups (broad SMARTS) is 1. The first-order valence-corrected chi connectivity index (χ1v) is 25.0. The van der Waals surface area contributed by atoms with E-state index in [1.807, 2.05) is 89.8 Å². The van der Waals surface area contributed by atoms with Crippen molar-refractivity contribution in [3.05, 3.63) is 147 Å². The lowest BCUT2D eigenvalue weighted by Gasteiger charge is -2.38. The summed E-state index contributed by atoms with van der Waals surface area (Å²) in [5.41, 5.74) is 2.99. The Morgan fingerprint density at radius 2 is 1.53 bits per heavy atom. The van der Waals surface area contributed by atoms with Gasteiger partial charge in [0.2, 0.25) is 5.91 Å². The maximum atomic E-state index is 15.0. The van der Waals surface area contributed by atoms with Gasteiger partial charge in [0.25, 0.3) is 8.53 Å². The Balaban J connectivity index is 1.26. The molecule has 1 aliphatic carbocycles. The summed E-state index contributed by atoms with van der Waals surface area (Å²) >= 11 is 0. The van der Waals surface area contributed by atoms with Crippen molar-refractivity contribution >= 4 is 31.5 Å². The van der Waals surface area contributed by atoms with E-state index < -0.39 is 37.7 Å². The number of methoxy groups -OCH3 is 2. The highest BCUT2D eigenvalue weighted by molar-refractivity contribution is 7.44. The monoisotopic (exact) mass is 970 g/mol. The summed E-state index contributed by atoms with van der Waals surface area (Å²) in [6.07, 6.45) is 2.55. The first-order chi connectivity index (χ1) is 33.8. The smallest absolute Gasteiger partial charge is 0.309 e. The summed E-state index contributed by atoms with van der Waals surface area (Å²) < 4.78 is 40.2. The minimum Gasteiger partial charge on any atom is -0.497 e. The van der Waals surface area contributed by atoms with E-state index >= 15 is 4.79 Å². The Labute approximate surface area is 411 Å². The average Bonchev–Trinajstić information content (AvgIpc) is 3.78. The van der Waals surface area contributed by atoms with Gasteiger partial charge in [-0.05, 0) is 122 Å². The number of hydrogen-bond acceptors (Lipinski definition) is 12. The normalized spacial score (nSPS) is 15.6. The highest BCUT2D eigenvalue weighted by Gasteiger charge is 2.43. The lowest BCUT2D eigenvalue weighted by molar-refractivity contribution is -0.146. The molecule has 15 heteroatoms. The van der Waals surface area contributed by atoms with E-state index in [4.69, 9.17) is 32.7 Å². The molecule has 1 fully saturated rings. The van der Waals surface area contributed by atoms with Gasteiger partial charge in [-0.2, -0.15) is 5.26 Å². The van der Waals surface area contributed by atoms with E-state index in [1.165, 1.54) is 12.1 Å². The molecule has 3 atom stereocenters. The number of nitrogens with zero attached hydrogens (tertiary/aromatic N) is 4. The maximum Gasteiger partial charge on any atom is 0.309 e. The molecule has 4 aromatic carbocycles. The Hall–Kier alpha value is -6.20. The van der Waals surface area contributed by atoms with Gasteiger partial charge in [0.1, 0.15) is 28.3 Å². The number of aromatic nitrogens is 1. The minimum absolute atomic E-state index is 0.0888. The number of ether oxygens (including phenoxy) is 3. The molecule has 70 heavy (non-hydrogen) atoms. The van der Waals surface area contributed by atoms with Gasteiger partial charge < -0.3 is 37.7 Å². The van der Waals surface area contributed by atoms with E-state index in [0.717, 1.165) is 48.2 Å². The van der Waals surface area contributed by atoms with Crippen LogP contribution >= 0.6 is 8.53 Å². The summed E-state index contributed by atoms with van der Waals surface area (Å²) in [6, 6.07) is 35.5. The van der Waals surface area contributed by atoms with E-state index in [0.29, 0.717) is 46.0 Å². The third-order valence-electron chi connectivity index (χ3n) is 12.7. The first-order valence-electron chi connectivity index (χ1n) is 23.9. The van der Waals surface area contributed by atoms with E-state index in [-0.39, 0.29) is 56.8 Å². The zero-order chi connectivity index (χ0) is 49.8. The zero-order valence-electron chi connectivity index (χ0n) is 40.9. The highest BCUT2D eigenvalue weighted by Crippen LogP contribution is 2.47.